The van der Waals surface area contributed by atoms with Gasteiger partial charge in [0.05, 0.1) is 17.7 Å². The molecule has 2 rings (SSSR count). The fraction of sp³-hybridized carbons (Fsp3) is 0.263. The smallest absolute Gasteiger partial charge is 0.338 e. The number of carboxylic acids is 1. The Morgan fingerprint density at radius 1 is 1.08 bits per heavy atom. The van der Waals surface area contributed by atoms with Crippen LogP contribution in [0.2, 0.25) is 10.0 Å². The maximum Gasteiger partial charge on any atom is 0.338 e. The lowest BCUT2D eigenvalue weighted by Gasteiger charge is -2.11. The van der Waals surface area contributed by atoms with Crippen LogP contribution in [-0.4, -0.2) is 23.7 Å². The zero-order valence-electron chi connectivity index (χ0n) is 13.7. The molecule has 0 aliphatic rings. The minimum atomic E-state index is -1.07. The molecule has 0 aromatic heterocycles. The Kier molecular flexibility index (Phi) is 6.85. The van der Waals surface area contributed by atoms with Gasteiger partial charge in [0.25, 0.3) is 0 Å². The molecule has 1 N–H and O–H groups in total. The first-order valence-corrected chi connectivity index (χ1v) is 8.65. The van der Waals surface area contributed by atoms with E-state index in [2.05, 4.69) is 0 Å². The van der Waals surface area contributed by atoms with Crippen molar-refractivity contribution in [2.75, 3.05) is 6.61 Å². The predicted octanol–water partition coefficient (Wildman–Crippen LogP) is 5.04. The van der Waals surface area contributed by atoms with Crippen molar-refractivity contribution in [3.63, 3.8) is 0 Å². The van der Waals surface area contributed by atoms with Crippen LogP contribution in [0.15, 0.2) is 36.4 Å². The van der Waals surface area contributed by atoms with Crippen molar-refractivity contribution in [3.05, 3.63) is 68.7 Å². The Labute approximate surface area is 156 Å². The maximum absolute atomic E-state index is 12.0. The average Bonchev–Trinajstić information content (AvgIpc) is 2.57. The van der Waals surface area contributed by atoms with Crippen molar-refractivity contribution in [1.82, 2.24) is 0 Å². The highest BCUT2D eigenvalue weighted by Crippen LogP contribution is 2.28. The van der Waals surface area contributed by atoms with Crippen LogP contribution in [0.3, 0.4) is 0 Å². The Hall–Kier alpha value is -2.04. The molecule has 0 aliphatic carbocycles. The molecule has 25 heavy (non-hydrogen) atoms. The molecule has 2 aromatic rings. The SMILES string of the molecule is CCOC(=O)c1ccccc1CCCc1c(Cl)cc(C(=O)O)cc1Cl. The second-order valence-electron chi connectivity index (χ2n) is 5.45. The van der Waals surface area contributed by atoms with Gasteiger partial charge in [-0.2, -0.15) is 0 Å². The summed E-state index contributed by atoms with van der Waals surface area (Å²) in [6, 6.07) is 10.1. The van der Waals surface area contributed by atoms with Gasteiger partial charge in [-0.1, -0.05) is 41.4 Å². The lowest BCUT2D eigenvalue weighted by atomic mass is 9.99. The molecule has 6 heteroatoms. The van der Waals surface area contributed by atoms with Crippen LogP contribution < -0.4 is 0 Å². The summed E-state index contributed by atoms with van der Waals surface area (Å²) in [6.45, 7) is 2.10. The summed E-state index contributed by atoms with van der Waals surface area (Å²) in [5.74, 6) is -1.40. The summed E-state index contributed by atoms with van der Waals surface area (Å²) in [6.07, 6.45) is 1.94. The zero-order valence-corrected chi connectivity index (χ0v) is 15.2. The summed E-state index contributed by atoms with van der Waals surface area (Å²) >= 11 is 12.3. The van der Waals surface area contributed by atoms with Crippen molar-refractivity contribution in [2.45, 2.75) is 26.2 Å². The summed E-state index contributed by atoms with van der Waals surface area (Å²) in [4.78, 5) is 23.0. The molecule has 0 bridgehead atoms. The summed E-state index contributed by atoms with van der Waals surface area (Å²) in [5.41, 5.74) is 2.23. The van der Waals surface area contributed by atoms with Crippen molar-refractivity contribution in [2.24, 2.45) is 0 Å². The second kappa shape index (κ2) is 8.88. The quantitative estimate of drug-likeness (QED) is 0.683. The topological polar surface area (TPSA) is 63.6 Å². The van der Waals surface area contributed by atoms with E-state index in [-0.39, 0.29) is 11.5 Å². The van der Waals surface area contributed by atoms with Crippen molar-refractivity contribution < 1.29 is 19.4 Å². The van der Waals surface area contributed by atoms with Gasteiger partial charge in [0.15, 0.2) is 0 Å². The van der Waals surface area contributed by atoms with Crippen LogP contribution in [0.5, 0.6) is 0 Å². The van der Waals surface area contributed by atoms with Crippen LogP contribution >= 0.6 is 23.2 Å². The molecular weight excluding hydrogens is 363 g/mol. The lowest BCUT2D eigenvalue weighted by molar-refractivity contribution is 0.0524. The van der Waals surface area contributed by atoms with Crippen molar-refractivity contribution >= 4 is 35.1 Å². The first-order chi connectivity index (χ1) is 11.9. The van der Waals surface area contributed by atoms with Gasteiger partial charge in [-0.05, 0) is 55.5 Å². The van der Waals surface area contributed by atoms with Crippen LogP contribution in [0.1, 0.15) is 45.2 Å². The van der Waals surface area contributed by atoms with E-state index in [1.165, 1.54) is 12.1 Å². The fourth-order valence-corrected chi connectivity index (χ4v) is 3.24. The van der Waals surface area contributed by atoms with Gasteiger partial charge in [-0.3, -0.25) is 0 Å². The lowest BCUT2D eigenvalue weighted by Crippen LogP contribution is -2.08. The summed E-state index contributed by atoms with van der Waals surface area (Å²) < 4.78 is 5.07. The van der Waals surface area contributed by atoms with Gasteiger partial charge in [0.1, 0.15) is 0 Å². The maximum atomic E-state index is 12.0. The third kappa shape index (κ3) is 4.97. The molecule has 0 spiro atoms. The summed E-state index contributed by atoms with van der Waals surface area (Å²) in [7, 11) is 0. The number of hydrogen-bond donors (Lipinski definition) is 1. The first-order valence-electron chi connectivity index (χ1n) is 7.90. The first kappa shape index (κ1) is 19.3. The summed E-state index contributed by atoms with van der Waals surface area (Å²) in [5, 5.41) is 9.69. The Bertz CT molecular complexity index is 764. The molecule has 0 amide bonds. The van der Waals surface area contributed by atoms with Gasteiger partial charge in [0.2, 0.25) is 0 Å². The third-order valence-corrected chi connectivity index (χ3v) is 4.45. The van der Waals surface area contributed by atoms with Crippen molar-refractivity contribution in [3.8, 4) is 0 Å². The monoisotopic (exact) mass is 380 g/mol. The van der Waals surface area contributed by atoms with E-state index in [1.54, 1.807) is 19.1 Å². The number of aryl methyl sites for hydroxylation is 1. The molecule has 0 radical (unpaired) electrons. The zero-order chi connectivity index (χ0) is 18.4. The van der Waals surface area contributed by atoms with E-state index in [9.17, 15) is 9.59 Å². The predicted molar refractivity (Wildman–Crippen MR) is 97.8 cm³/mol. The number of esters is 1. The molecule has 0 unspecified atom stereocenters. The molecule has 4 nitrogen and oxygen atoms in total. The van der Waals surface area contributed by atoms with E-state index in [4.69, 9.17) is 33.0 Å². The Balaban J connectivity index is 2.09. The number of aromatic carboxylic acids is 1. The molecular formula is C19H18Cl2O4. The van der Waals surface area contributed by atoms with Crippen molar-refractivity contribution in [1.29, 1.82) is 0 Å². The second-order valence-corrected chi connectivity index (χ2v) is 6.27. The third-order valence-electron chi connectivity index (χ3n) is 3.77. The molecule has 0 saturated carbocycles. The average molecular weight is 381 g/mol. The van der Waals surface area contributed by atoms with Crippen LogP contribution in [-0.2, 0) is 17.6 Å². The number of carbonyl (C=O) groups excluding carboxylic acids is 1. The number of benzene rings is 2. The van der Waals surface area contributed by atoms with Crippen LogP contribution in [0, 0.1) is 0 Å². The number of halogens is 2. The van der Waals surface area contributed by atoms with Gasteiger partial charge in [-0.25, -0.2) is 9.59 Å². The molecule has 132 valence electrons. The van der Waals surface area contributed by atoms with E-state index in [0.717, 1.165) is 5.56 Å². The van der Waals surface area contributed by atoms with E-state index in [1.807, 2.05) is 12.1 Å². The Morgan fingerprint density at radius 3 is 2.32 bits per heavy atom. The minimum Gasteiger partial charge on any atom is -0.478 e. The number of carbonyl (C=O) groups is 2. The highest BCUT2D eigenvalue weighted by Gasteiger charge is 2.14. The molecule has 0 saturated heterocycles. The van der Waals surface area contributed by atoms with Gasteiger partial charge in [0, 0.05) is 10.0 Å². The number of carboxylic acid groups (broad SMARTS) is 1. The fourth-order valence-electron chi connectivity index (χ4n) is 2.57. The number of ether oxygens (including phenoxy) is 1. The molecule has 0 fully saturated rings. The minimum absolute atomic E-state index is 0.0615. The number of hydrogen-bond acceptors (Lipinski definition) is 3. The normalized spacial score (nSPS) is 10.5. The van der Waals surface area contributed by atoms with E-state index >= 15 is 0 Å². The molecule has 0 heterocycles. The van der Waals surface area contributed by atoms with E-state index < -0.39 is 5.97 Å². The highest BCUT2D eigenvalue weighted by atomic mass is 35.5. The Morgan fingerprint density at radius 2 is 1.72 bits per heavy atom. The number of rotatable bonds is 7. The largest absolute Gasteiger partial charge is 0.478 e. The van der Waals surface area contributed by atoms with Gasteiger partial charge < -0.3 is 9.84 Å². The van der Waals surface area contributed by atoms with Gasteiger partial charge in [-0.15, -0.1) is 0 Å². The van der Waals surface area contributed by atoms with Crippen LogP contribution in [0.4, 0.5) is 0 Å². The van der Waals surface area contributed by atoms with Crippen LogP contribution in [0.25, 0.3) is 0 Å². The molecule has 0 atom stereocenters. The molecule has 2 aromatic carbocycles. The van der Waals surface area contributed by atoms with Gasteiger partial charge >= 0.3 is 11.9 Å². The van der Waals surface area contributed by atoms with E-state index in [0.29, 0.717) is 47.0 Å². The molecule has 0 aliphatic heterocycles. The highest BCUT2D eigenvalue weighted by molar-refractivity contribution is 6.36. The standard InChI is InChI=1S/C19H18Cl2O4/c1-2-25-19(24)14-8-4-3-6-12(14)7-5-9-15-16(20)10-13(18(22)23)11-17(15)21/h3-4,6,8,10-11H,2,5,7,9H2,1H3,(H,22,23).